The first kappa shape index (κ1) is 16.0. The van der Waals surface area contributed by atoms with Gasteiger partial charge in [0.2, 0.25) is 0 Å². The predicted octanol–water partition coefficient (Wildman–Crippen LogP) is 4.13. The van der Waals surface area contributed by atoms with Gasteiger partial charge in [0.25, 0.3) is 5.91 Å². The molecule has 5 rings (SSSR count). The van der Waals surface area contributed by atoms with E-state index in [1.807, 2.05) is 47.5 Å². The summed E-state index contributed by atoms with van der Waals surface area (Å²) in [5.41, 5.74) is 3.84. The lowest BCUT2D eigenvalue weighted by Gasteiger charge is -2.32. The summed E-state index contributed by atoms with van der Waals surface area (Å²) >= 11 is 0. The number of benzene rings is 1. The highest BCUT2D eigenvalue weighted by molar-refractivity contribution is 5.97. The number of fused-ring (bicyclic) bond motifs is 2. The lowest BCUT2D eigenvalue weighted by atomic mass is 9.89. The Morgan fingerprint density at radius 3 is 2.81 bits per heavy atom. The van der Waals surface area contributed by atoms with Gasteiger partial charge in [-0.05, 0) is 48.6 Å². The van der Waals surface area contributed by atoms with Crippen molar-refractivity contribution in [3.63, 3.8) is 0 Å². The number of nitrogens with zero attached hydrogens (tertiary/aromatic N) is 3. The number of piperidine rings is 1. The summed E-state index contributed by atoms with van der Waals surface area (Å²) in [4.78, 5) is 26.9. The van der Waals surface area contributed by atoms with Crippen LogP contribution in [0.25, 0.3) is 21.9 Å². The molecule has 4 aromatic rings. The topological polar surface area (TPSA) is 61.9 Å². The van der Waals surface area contributed by atoms with Crippen LogP contribution in [0.15, 0.2) is 61.1 Å². The lowest BCUT2D eigenvalue weighted by Crippen LogP contribution is -2.37. The van der Waals surface area contributed by atoms with E-state index in [-0.39, 0.29) is 5.91 Å². The molecule has 5 heteroatoms. The standard InChI is InChI=1S/C22H20N4O/c27-22(17-12-16-4-1-2-6-20(16)24-13-17)26-10-7-15(8-11-26)19-14-25-21-18(19)5-3-9-23-21/h1-6,9,12-15H,7-8,10-11H2,(H,23,25). The molecule has 134 valence electrons. The van der Waals surface area contributed by atoms with E-state index >= 15 is 0 Å². The number of hydrogen-bond donors (Lipinski definition) is 1. The summed E-state index contributed by atoms with van der Waals surface area (Å²) in [6.45, 7) is 1.53. The van der Waals surface area contributed by atoms with Gasteiger partial charge in [0.15, 0.2) is 0 Å². The molecule has 1 aromatic carbocycles. The van der Waals surface area contributed by atoms with Gasteiger partial charge in [0.05, 0.1) is 11.1 Å². The molecule has 0 atom stereocenters. The summed E-state index contributed by atoms with van der Waals surface area (Å²) in [6.07, 6.45) is 7.51. The molecule has 1 aliphatic rings. The second-order valence-corrected chi connectivity index (χ2v) is 7.13. The van der Waals surface area contributed by atoms with Gasteiger partial charge in [-0.15, -0.1) is 0 Å². The van der Waals surface area contributed by atoms with Gasteiger partial charge < -0.3 is 9.88 Å². The third kappa shape index (κ3) is 2.85. The normalized spacial score (nSPS) is 15.5. The lowest BCUT2D eigenvalue weighted by molar-refractivity contribution is 0.0713. The molecular formula is C22H20N4O. The van der Waals surface area contributed by atoms with Crippen molar-refractivity contribution in [2.75, 3.05) is 13.1 Å². The molecule has 5 nitrogen and oxygen atoms in total. The van der Waals surface area contributed by atoms with Crippen LogP contribution >= 0.6 is 0 Å². The Balaban J connectivity index is 1.32. The van der Waals surface area contributed by atoms with Crippen LogP contribution in [0.5, 0.6) is 0 Å². The minimum absolute atomic E-state index is 0.0762. The van der Waals surface area contributed by atoms with E-state index in [1.54, 1.807) is 6.20 Å². The van der Waals surface area contributed by atoms with Crippen LogP contribution in [0, 0.1) is 0 Å². The molecule has 0 bridgehead atoms. The minimum atomic E-state index is 0.0762. The number of carbonyl (C=O) groups excluding carboxylic acids is 1. The van der Waals surface area contributed by atoms with Crippen molar-refractivity contribution in [2.45, 2.75) is 18.8 Å². The average molecular weight is 356 g/mol. The fourth-order valence-electron chi connectivity index (χ4n) is 4.08. The van der Waals surface area contributed by atoms with Crippen molar-refractivity contribution in [2.24, 2.45) is 0 Å². The smallest absolute Gasteiger partial charge is 0.255 e. The summed E-state index contributed by atoms with van der Waals surface area (Å²) in [5, 5.41) is 2.20. The fourth-order valence-corrected chi connectivity index (χ4v) is 4.08. The van der Waals surface area contributed by atoms with Crippen molar-refractivity contribution < 1.29 is 4.79 Å². The summed E-state index contributed by atoms with van der Waals surface area (Å²) in [6, 6.07) is 13.9. The maximum absolute atomic E-state index is 12.9. The van der Waals surface area contributed by atoms with E-state index in [2.05, 4.69) is 27.2 Å². The molecule has 1 aliphatic heterocycles. The Hall–Kier alpha value is -3.21. The van der Waals surface area contributed by atoms with Crippen LogP contribution in [-0.4, -0.2) is 38.8 Å². The SMILES string of the molecule is O=C(c1cnc2ccccc2c1)N1CCC(c2c[nH]c3ncccc23)CC1. The van der Waals surface area contributed by atoms with E-state index in [9.17, 15) is 4.79 Å². The number of likely N-dealkylation sites (tertiary alicyclic amines) is 1. The molecule has 0 spiro atoms. The van der Waals surface area contributed by atoms with E-state index < -0.39 is 0 Å². The first-order chi connectivity index (χ1) is 13.3. The van der Waals surface area contributed by atoms with Gasteiger partial charge in [-0.25, -0.2) is 4.98 Å². The predicted molar refractivity (Wildman–Crippen MR) is 106 cm³/mol. The number of aromatic amines is 1. The number of amides is 1. The van der Waals surface area contributed by atoms with E-state index in [0.717, 1.165) is 42.5 Å². The molecule has 1 amide bonds. The van der Waals surface area contributed by atoms with Crippen LogP contribution < -0.4 is 0 Å². The first-order valence-electron chi connectivity index (χ1n) is 9.36. The van der Waals surface area contributed by atoms with Gasteiger partial charge in [0.1, 0.15) is 5.65 Å². The summed E-state index contributed by atoms with van der Waals surface area (Å²) in [7, 11) is 0. The largest absolute Gasteiger partial charge is 0.346 e. The highest BCUT2D eigenvalue weighted by Crippen LogP contribution is 2.33. The molecule has 1 N–H and O–H groups in total. The molecule has 1 saturated heterocycles. The van der Waals surface area contributed by atoms with Gasteiger partial charge in [-0.3, -0.25) is 9.78 Å². The number of hydrogen-bond acceptors (Lipinski definition) is 3. The third-order valence-corrected chi connectivity index (χ3v) is 5.54. The number of rotatable bonds is 2. The fraction of sp³-hybridized carbons (Fsp3) is 0.227. The second kappa shape index (κ2) is 6.50. The molecule has 0 radical (unpaired) electrons. The van der Waals surface area contributed by atoms with Crippen molar-refractivity contribution >= 4 is 27.8 Å². The van der Waals surface area contributed by atoms with Crippen molar-refractivity contribution in [3.05, 3.63) is 72.2 Å². The monoisotopic (exact) mass is 356 g/mol. The first-order valence-corrected chi connectivity index (χ1v) is 9.36. The maximum Gasteiger partial charge on any atom is 0.255 e. The van der Waals surface area contributed by atoms with Crippen molar-refractivity contribution in [1.29, 1.82) is 0 Å². The summed E-state index contributed by atoms with van der Waals surface area (Å²) < 4.78 is 0. The maximum atomic E-state index is 12.9. The third-order valence-electron chi connectivity index (χ3n) is 5.54. The van der Waals surface area contributed by atoms with Crippen LogP contribution in [-0.2, 0) is 0 Å². The van der Waals surface area contributed by atoms with Gasteiger partial charge in [-0.2, -0.15) is 0 Å². The van der Waals surface area contributed by atoms with E-state index in [4.69, 9.17) is 0 Å². The Morgan fingerprint density at radius 2 is 1.93 bits per heavy atom. The van der Waals surface area contributed by atoms with Gasteiger partial charge >= 0.3 is 0 Å². The minimum Gasteiger partial charge on any atom is -0.346 e. The van der Waals surface area contributed by atoms with E-state index in [1.165, 1.54) is 10.9 Å². The zero-order valence-electron chi connectivity index (χ0n) is 14.9. The zero-order valence-corrected chi connectivity index (χ0v) is 14.9. The number of para-hydroxylation sites is 1. The van der Waals surface area contributed by atoms with Crippen LogP contribution in [0.4, 0.5) is 0 Å². The van der Waals surface area contributed by atoms with Gasteiger partial charge in [-0.1, -0.05) is 18.2 Å². The molecule has 27 heavy (non-hydrogen) atoms. The molecule has 1 fully saturated rings. The highest BCUT2D eigenvalue weighted by Gasteiger charge is 2.26. The number of aromatic nitrogens is 3. The quantitative estimate of drug-likeness (QED) is 0.587. The Labute approximate surface area is 157 Å². The van der Waals surface area contributed by atoms with E-state index in [0.29, 0.717) is 11.5 Å². The molecule has 0 unspecified atom stereocenters. The van der Waals surface area contributed by atoms with Crippen LogP contribution in [0.2, 0.25) is 0 Å². The van der Waals surface area contributed by atoms with Crippen molar-refractivity contribution in [1.82, 2.24) is 19.9 Å². The average Bonchev–Trinajstić information content (AvgIpc) is 3.17. The molecule has 0 saturated carbocycles. The Bertz CT molecular complexity index is 1130. The van der Waals surface area contributed by atoms with Crippen LogP contribution in [0.3, 0.4) is 0 Å². The highest BCUT2D eigenvalue weighted by atomic mass is 16.2. The number of nitrogens with one attached hydrogen (secondary N) is 1. The molecule has 0 aliphatic carbocycles. The molecular weight excluding hydrogens is 336 g/mol. The second-order valence-electron chi connectivity index (χ2n) is 7.13. The molecule has 4 heterocycles. The van der Waals surface area contributed by atoms with Gasteiger partial charge in [0, 0.05) is 42.5 Å². The van der Waals surface area contributed by atoms with Crippen LogP contribution in [0.1, 0.15) is 34.7 Å². The molecule has 3 aromatic heterocycles. The number of pyridine rings is 2. The zero-order chi connectivity index (χ0) is 18.2. The Morgan fingerprint density at radius 1 is 1.07 bits per heavy atom. The number of H-pyrrole nitrogens is 1. The Kier molecular flexibility index (Phi) is 3.85. The van der Waals surface area contributed by atoms with Crippen molar-refractivity contribution in [3.8, 4) is 0 Å². The summed E-state index contributed by atoms with van der Waals surface area (Å²) in [5.74, 6) is 0.536. The number of carbonyl (C=O) groups is 1.